The van der Waals surface area contributed by atoms with Gasteiger partial charge in [0, 0.05) is 37.4 Å². The number of Topliss-reactive ketones (excluding diaryl/α,β-unsaturated/α-hetero) is 1. The van der Waals surface area contributed by atoms with Gasteiger partial charge in [-0.25, -0.2) is 0 Å². The number of carbonyl (C=O) groups excluding carboxylic acids is 2. The first-order valence-electron chi connectivity index (χ1n) is 12.7. The van der Waals surface area contributed by atoms with Crippen LogP contribution in [0, 0.1) is 6.92 Å². The molecule has 190 valence electrons. The quantitative estimate of drug-likeness (QED) is 0.120. The molecule has 37 heavy (non-hydrogen) atoms. The average Bonchev–Trinajstić information content (AvgIpc) is 2.88. The second-order valence-electron chi connectivity index (χ2n) is 9.44. The molecule has 3 rings (SSSR count). The molecule has 4 nitrogen and oxygen atoms in total. The van der Waals surface area contributed by atoms with E-state index >= 15 is 0 Å². The van der Waals surface area contributed by atoms with Crippen LogP contribution in [0.25, 0.3) is 5.57 Å². The van der Waals surface area contributed by atoms with E-state index in [0.717, 1.165) is 46.5 Å². The zero-order valence-electron chi connectivity index (χ0n) is 22.3. The van der Waals surface area contributed by atoms with E-state index in [9.17, 15) is 9.59 Å². The minimum atomic E-state index is -0.121. The third-order valence-electron chi connectivity index (χ3n) is 6.15. The lowest BCUT2D eigenvalue weighted by Crippen LogP contribution is -2.24. The SMILES string of the molecule is C=C(/C=C\C(=O)N(C)Cc1cccc(C(=O)CC(C)=Nc2ccccc2C)c1)c1cccc(CCC)c1. The summed E-state index contributed by atoms with van der Waals surface area (Å²) in [5, 5.41) is 0. The zero-order valence-corrected chi connectivity index (χ0v) is 22.3. The number of rotatable bonds is 11. The van der Waals surface area contributed by atoms with Crippen molar-refractivity contribution in [3.8, 4) is 0 Å². The van der Waals surface area contributed by atoms with Crippen molar-refractivity contribution in [2.75, 3.05) is 7.05 Å². The smallest absolute Gasteiger partial charge is 0.246 e. The fourth-order valence-electron chi connectivity index (χ4n) is 4.07. The molecule has 0 unspecified atom stereocenters. The van der Waals surface area contributed by atoms with Gasteiger partial charge in [0.05, 0.1) is 5.69 Å². The third-order valence-corrected chi connectivity index (χ3v) is 6.15. The van der Waals surface area contributed by atoms with Crippen LogP contribution in [0.1, 0.15) is 59.3 Å². The summed E-state index contributed by atoms with van der Waals surface area (Å²) in [6.07, 6.45) is 5.67. The lowest BCUT2D eigenvalue weighted by molar-refractivity contribution is -0.125. The molecule has 0 aliphatic carbocycles. The molecule has 0 bridgehead atoms. The molecule has 0 heterocycles. The summed E-state index contributed by atoms with van der Waals surface area (Å²) in [5.74, 6) is -0.115. The molecule has 0 saturated carbocycles. The first kappa shape index (κ1) is 27.5. The minimum Gasteiger partial charge on any atom is -0.338 e. The van der Waals surface area contributed by atoms with E-state index in [2.05, 4.69) is 30.6 Å². The van der Waals surface area contributed by atoms with Crippen LogP contribution in [0.4, 0.5) is 5.69 Å². The number of allylic oxidation sites excluding steroid dienone is 2. The fraction of sp³-hybridized carbons (Fsp3) is 0.242. The van der Waals surface area contributed by atoms with Crippen LogP contribution in [0.5, 0.6) is 0 Å². The van der Waals surface area contributed by atoms with Crippen LogP contribution >= 0.6 is 0 Å². The summed E-state index contributed by atoms with van der Waals surface area (Å²) in [6, 6.07) is 23.6. The molecule has 0 radical (unpaired) electrons. The molecule has 0 aliphatic rings. The van der Waals surface area contributed by atoms with Crippen LogP contribution in [0.2, 0.25) is 0 Å². The first-order valence-corrected chi connectivity index (χ1v) is 12.7. The molecule has 0 saturated heterocycles. The number of nitrogens with zero attached hydrogens (tertiary/aromatic N) is 2. The second-order valence-corrected chi connectivity index (χ2v) is 9.44. The van der Waals surface area contributed by atoms with Crippen LogP contribution in [0.15, 0.2) is 96.5 Å². The maximum atomic E-state index is 12.9. The average molecular weight is 493 g/mol. The van der Waals surface area contributed by atoms with E-state index in [1.807, 2.05) is 74.5 Å². The topological polar surface area (TPSA) is 49.7 Å². The van der Waals surface area contributed by atoms with Crippen molar-refractivity contribution < 1.29 is 9.59 Å². The van der Waals surface area contributed by atoms with Gasteiger partial charge in [-0.05, 0) is 66.3 Å². The summed E-state index contributed by atoms with van der Waals surface area (Å²) >= 11 is 0. The maximum absolute atomic E-state index is 12.9. The number of ketones is 1. The normalized spacial score (nSPS) is 11.5. The Hall–Kier alpha value is -4.05. The fourth-order valence-corrected chi connectivity index (χ4v) is 4.07. The van der Waals surface area contributed by atoms with Gasteiger partial charge in [0.1, 0.15) is 0 Å². The Bertz CT molecular complexity index is 1330. The molecule has 0 spiro atoms. The van der Waals surface area contributed by atoms with Crippen LogP contribution in [-0.2, 0) is 17.8 Å². The molecule has 3 aromatic rings. The van der Waals surface area contributed by atoms with Gasteiger partial charge in [-0.1, -0.05) is 80.6 Å². The number of aliphatic imine (C=N–C) groups is 1. The Morgan fingerprint density at radius 2 is 1.59 bits per heavy atom. The number of likely N-dealkylation sites (N-methyl/N-ethyl adjacent to an activating group) is 1. The number of benzene rings is 3. The second kappa shape index (κ2) is 13.3. The summed E-state index contributed by atoms with van der Waals surface area (Å²) in [7, 11) is 1.75. The van der Waals surface area contributed by atoms with E-state index in [4.69, 9.17) is 0 Å². The van der Waals surface area contributed by atoms with E-state index in [0.29, 0.717) is 12.1 Å². The number of hydrogen-bond acceptors (Lipinski definition) is 3. The van der Waals surface area contributed by atoms with Crippen molar-refractivity contribution >= 4 is 28.7 Å². The van der Waals surface area contributed by atoms with Crippen molar-refractivity contribution in [3.05, 3.63) is 119 Å². The number of hydrogen-bond donors (Lipinski definition) is 0. The van der Waals surface area contributed by atoms with E-state index in [1.165, 1.54) is 5.56 Å². The Morgan fingerprint density at radius 3 is 2.32 bits per heavy atom. The summed E-state index contributed by atoms with van der Waals surface area (Å²) in [5.41, 5.74) is 7.33. The van der Waals surface area contributed by atoms with Crippen molar-refractivity contribution in [2.24, 2.45) is 4.99 Å². The third kappa shape index (κ3) is 8.25. The van der Waals surface area contributed by atoms with Gasteiger partial charge in [-0.3, -0.25) is 14.6 Å². The molecule has 4 heteroatoms. The molecule has 1 amide bonds. The predicted octanol–water partition coefficient (Wildman–Crippen LogP) is 7.54. The van der Waals surface area contributed by atoms with E-state index in [-0.39, 0.29) is 18.1 Å². The van der Waals surface area contributed by atoms with E-state index < -0.39 is 0 Å². The largest absolute Gasteiger partial charge is 0.338 e. The van der Waals surface area contributed by atoms with Gasteiger partial charge in [0.25, 0.3) is 0 Å². The van der Waals surface area contributed by atoms with Gasteiger partial charge in [0.15, 0.2) is 5.78 Å². The highest BCUT2D eigenvalue weighted by Gasteiger charge is 2.11. The molecule has 0 N–H and O–H groups in total. The number of amides is 1. The molecule has 0 fully saturated rings. The summed E-state index contributed by atoms with van der Waals surface area (Å²) < 4.78 is 0. The number of carbonyl (C=O) groups is 2. The molecule has 3 aromatic carbocycles. The van der Waals surface area contributed by atoms with Crippen molar-refractivity contribution in [2.45, 2.75) is 46.6 Å². The van der Waals surface area contributed by atoms with Crippen molar-refractivity contribution in [1.82, 2.24) is 4.90 Å². The lowest BCUT2D eigenvalue weighted by Gasteiger charge is -2.16. The Kier molecular flexibility index (Phi) is 9.91. The summed E-state index contributed by atoms with van der Waals surface area (Å²) in [4.78, 5) is 31.9. The molecule has 0 aromatic heterocycles. The molecule has 0 aliphatic heterocycles. The molecule has 0 atom stereocenters. The summed E-state index contributed by atoms with van der Waals surface area (Å²) in [6.45, 7) is 10.6. The van der Waals surface area contributed by atoms with Crippen LogP contribution in [0.3, 0.4) is 0 Å². The Morgan fingerprint density at radius 1 is 0.919 bits per heavy atom. The number of aryl methyl sites for hydroxylation is 2. The molecular formula is C33H36N2O2. The van der Waals surface area contributed by atoms with Gasteiger partial charge in [-0.2, -0.15) is 0 Å². The number of para-hydroxylation sites is 1. The lowest BCUT2D eigenvalue weighted by atomic mass is 10.0. The highest BCUT2D eigenvalue weighted by molar-refractivity contribution is 6.09. The maximum Gasteiger partial charge on any atom is 0.246 e. The minimum absolute atomic E-state index is 0.00663. The Labute approximate surface area is 221 Å². The first-order chi connectivity index (χ1) is 17.8. The van der Waals surface area contributed by atoms with Crippen LogP contribution < -0.4 is 0 Å². The van der Waals surface area contributed by atoms with Gasteiger partial charge in [-0.15, -0.1) is 0 Å². The Balaban J connectivity index is 1.60. The molecular weight excluding hydrogens is 456 g/mol. The van der Waals surface area contributed by atoms with Crippen molar-refractivity contribution in [3.63, 3.8) is 0 Å². The zero-order chi connectivity index (χ0) is 26.8. The highest BCUT2D eigenvalue weighted by atomic mass is 16.2. The van der Waals surface area contributed by atoms with Gasteiger partial charge < -0.3 is 4.90 Å². The van der Waals surface area contributed by atoms with Gasteiger partial charge in [0.2, 0.25) is 5.91 Å². The van der Waals surface area contributed by atoms with Crippen molar-refractivity contribution in [1.29, 1.82) is 0 Å². The monoisotopic (exact) mass is 492 g/mol. The van der Waals surface area contributed by atoms with E-state index in [1.54, 1.807) is 24.1 Å². The standard InChI is InChI=1S/C33H36N2O2/c1-6-11-27-13-9-15-29(21-27)24(2)18-19-33(37)35(5)23-28-14-10-16-30(22-28)32(36)20-26(4)34-31-17-8-7-12-25(31)3/h7-10,12-19,21-22H,2,6,11,20,23H2,1,3-5H3/b19-18-,34-26?. The predicted molar refractivity (Wildman–Crippen MR) is 154 cm³/mol. The van der Waals surface area contributed by atoms with Gasteiger partial charge >= 0.3 is 0 Å². The van der Waals surface area contributed by atoms with Crippen LogP contribution in [-0.4, -0.2) is 29.3 Å². The highest BCUT2D eigenvalue weighted by Crippen LogP contribution is 2.19.